The van der Waals surface area contributed by atoms with Gasteiger partial charge in [-0.2, -0.15) is 12.6 Å². The van der Waals surface area contributed by atoms with Crippen LogP contribution < -0.4 is 10.1 Å². The van der Waals surface area contributed by atoms with Crippen molar-refractivity contribution in [2.45, 2.75) is 19.4 Å². The number of halogens is 2. The van der Waals surface area contributed by atoms with Gasteiger partial charge in [-0.1, -0.05) is 36.7 Å². The number of rotatable bonds is 9. The lowest BCUT2D eigenvalue weighted by Crippen LogP contribution is -2.44. The minimum atomic E-state index is -1.21. The van der Waals surface area contributed by atoms with E-state index in [4.69, 9.17) is 33.0 Å². The van der Waals surface area contributed by atoms with E-state index in [0.717, 1.165) is 0 Å². The fourth-order valence-electron chi connectivity index (χ4n) is 1.73. The number of ether oxygens (including phenoxy) is 1. The standard InChI is InChI=1S/C16H17Cl2NO5S/c1-3-8(2)15(21)9-4-5-11(14(18)13(9)17)24-6-12(20)19-10(7-25)16(22)23/h4-5,10,25H,2-3,6-7H2,1H3,(H,19,20)(H,22,23). The van der Waals surface area contributed by atoms with Gasteiger partial charge in [0, 0.05) is 11.3 Å². The Bertz CT molecular complexity index is 708. The fraction of sp³-hybridized carbons (Fsp3) is 0.312. The van der Waals surface area contributed by atoms with E-state index in [2.05, 4.69) is 24.5 Å². The monoisotopic (exact) mass is 405 g/mol. The Kier molecular flexibility index (Phi) is 8.28. The van der Waals surface area contributed by atoms with Gasteiger partial charge in [-0.05, 0) is 24.1 Å². The van der Waals surface area contributed by atoms with Gasteiger partial charge in [0.2, 0.25) is 0 Å². The van der Waals surface area contributed by atoms with Crippen molar-refractivity contribution in [3.63, 3.8) is 0 Å². The van der Waals surface area contributed by atoms with E-state index in [1.165, 1.54) is 12.1 Å². The molecule has 1 atom stereocenters. The summed E-state index contributed by atoms with van der Waals surface area (Å²) in [5, 5.41) is 11.1. The molecule has 1 rings (SSSR count). The molecule has 2 N–H and O–H groups in total. The smallest absolute Gasteiger partial charge is 0.327 e. The molecule has 0 aliphatic rings. The van der Waals surface area contributed by atoms with Crippen molar-refractivity contribution in [3.8, 4) is 5.75 Å². The predicted octanol–water partition coefficient (Wildman–Crippen LogP) is 3.02. The highest BCUT2D eigenvalue weighted by Gasteiger charge is 2.20. The van der Waals surface area contributed by atoms with E-state index >= 15 is 0 Å². The van der Waals surface area contributed by atoms with Gasteiger partial charge in [0.1, 0.15) is 16.8 Å². The van der Waals surface area contributed by atoms with Crippen LogP contribution in [0, 0.1) is 0 Å². The molecule has 0 saturated carbocycles. The van der Waals surface area contributed by atoms with Crippen molar-refractivity contribution in [2.75, 3.05) is 12.4 Å². The summed E-state index contributed by atoms with van der Waals surface area (Å²) >= 11 is 16.0. The molecule has 0 bridgehead atoms. The molecular weight excluding hydrogens is 389 g/mol. The third-order valence-corrected chi connectivity index (χ3v) is 4.44. The zero-order valence-corrected chi connectivity index (χ0v) is 15.8. The zero-order valence-electron chi connectivity index (χ0n) is 13.3. The van der Waals surface area contributed by atoms with E-state index in [-0.39, 0.29) is 32.9 Å². The Morgan fingerprint density at radius 2 is 1.96 bits per heavy atom. The van der Waals surface area contributed by atoms with Crippen LogP contribution in [0.1, 0.15) is 23.7 Å². The maximum atomic E-state index is 12.1. The Labute approximate surface area is 160 Å². The molecule has 0 saturated heterocycles. The van der Waals surface area contributed by atoms with Crippen LogP contribution in [0.3, 0.4) is 0 Å². The lowest BCUT2D eigenvalue weighted by atomic mass is 10.0. The minimum Gasteiger partial charge on any atom is -0.482 e. The summed E-state index contributed by atoms with van der Waals surface area (Å²) in [6.07, 6.45) is 0.473. The summed E-state index contributed by atoms with van der Waals surface area (Å²) in [5.41, 5.74) is 0.578. The highest BCUT2D eigenvalue weighted by Crippen LogP contribution is 2.35. The number of benzene rings is 1. The van der Waals surface area contributed by atoms with Crippen molar-refractivity contribution in [3.05, 3.63) is 39.9 Å². The normalized spacial score (nSPS) is 11.5. The molecule has 0 aliphatic heterocycles. The number of ketones is 1. The number of carboxylic acids is 1. The van der Waals surface area contributed by atoms with Gasteiger partial charge in [0.15, 0.2) is 12.4 Å². The van der Waals surface area contributed by atoms with Crippen LogP contribution in [-0.2, 0) is 9.59 Å². The maximum absolute atomic E-state index is 12.1. The maximum Gasteiger partial charge on any atom is 0.327 e. The van der Waals surface area contributed by atoms with Gasteiger partial charge in [-0.25, -0.2) is 4.79 Å². The molecular formula is C16H17Cl2NO5S. The van der Waals surface area contributed by atoms with E-state index < -0.39 is 24.5 Å². The van der Waals surface area contributed by atoms with Crippen molar-refractivity contribution in [1.82, 2.24) is 5.32 Å². The van der Waals surface area contributed by atoms with Gasteiger partial charge in [0.25, 0.3) is 5.91 Å². The third-order valence-electron chi connectivity index (χ3n) is 3.21. The van der Waals surface area contributed by atoms with Gasteiger partial charge in [-0.15, -0.1) is 0 Å². The number of aliphatic carboxylic acids is 1. The predicted molar refractivity (Wildman–Crippen MR) is 99.1 cm³/mol. The SMILES string of the molecule is C=C(CC)C(=O)c1ccc(OCC(=O)NC(CS)C(=O)O)c(Cl)c1Cl. The summed E-state index contributed by atoms with van der Waals surface area (Å²) in [5.74, 6) is -2.15. The second-order valence-electron chi connectivity index (χ2n) is 4.96. The molecule has 0 spiro atoms. The average Bonchev–Trinajstić information content (AvgIpc) is 2.59. The minimum absolute atomic E-state index is 0.00190. The van der Waals surface area contributed by atoms with Crippen molar-refractivity contribution in [2.24, 2.45) is 0 Å². The molecule has 0 aromatic heterocycles. The summed E-state index contributed by atoms with van der Waals surface area (Å²) in [7, 11) is 0. The van der Waals surface area contributed by atoms with Gasteiger partial charge >= 0.3 is 5.97 Å². The summed E-state index contributed by atoms with van der Waals surface area (Å²) in [6.45, 7) is 4.99. The topological polar surface area (TPSA) is 92.7 Å². The van der Waals surface area contributed by atoms with Gasteiger partial charge in [-0.3, -0.25) is 9.59 Å². The number of amides is 1. The van der Waals surface area contributed by atoms with Crippen LogP contribution >= 0.6 is 35.8 Å². The Morgan fingerprint density at radius 3 is 2.48 bits per heavy atom. The quantitative estimate of drug-likeness (QED) is 0.333. The lowest BCUT2D eigenvalue weighted by Gasteiger charge is -2.14. The van der Waals surface area contributed by atoms with E-state index in [1.807, 2.05) is 0 Å². The summed E-state index contributed by atoms with van der Waals surface area (Å²) < 4.78 is 5.25. The molecule has 136 valence electrons. The molecule has 0 radical (unpaired) electrons. The molecule has 0 fully saturated rings. The number of hydrogen-bond donors (Lipinski definition) is 3. The fourth-order valence-corrected chi connectivity index (χ4v) is 2.44. The number of hydrogen-bond acceptors (Lipinski definition) is 5. The third kappa shape index (κ3) is 5.66. The first-order valence-electron chi connectivity index (χ1n) is 7.19. The number of allylic oxidation sites excluding steroid dienone is 1. The molecule has 25 heavy (non-hydrogen) atoms. The second-order valence-corrected chi connectivity index (χ2v) is 6.08. The number of carbonyl (C=O) groups excluding carboxylic acids is 2. The van der Waals surface area contributed by atoms with Crippen LogP contribution in [0.4, 0.5) is 0 Å². The summed E-state index contributed by atoms with van der Waals surface area (Å²) in [4.78, 5) is 34.7. The molecule has 9 heteroatoms. The number of thiol groups is 1. The number of Topliss-reactive ketones (excluding diaryl/α,β-unsaturated/α-hetero) is 1. The summed E-state index contributed by atoms with van der Waals surface area (Å²) in [6, 6.07) is 1.71. The van der Waals surface area contributed by atoms with Crippen LogP contribution in [0.5, 0.6) is 5.75 Å². The zero-order chi connectivity index (χ0) is 19.1. The number of carboxylic acid groups (broad SMARTS) is 1. The molecule has 1 aromatic rings. The Balaban J connectivity index is 2.83. The molecule has 1 unspecified atom stereocenters. The van der Waals surface area contributed by atoms with E-state index in [0.29, 0.717) is 12.0 Å². The number of carbonyl (C=O) groups is 3. The van der Waals surface area contributed by atoms with Crippen molar-refractivity contribution >= 4 is 53.5 Å². The molecule has 0 heterocycles. The first-order chi connectivity index (χ1) is 11.7. The first-order valence-corrected chi connectivity index (χ1v) is 8.58. The first kappa shape index (κ1) is 21.3. The van der Waals surface area contributed by atoms with Crippen LogP contribution in [0.2, 0.25) is 10.0 Å². The van der Waals surface area contributed by atoms with E-state index in [9.17, 15) is 14.4 Å². The van der Waals surface area contributed by atoms with Crippen molar-refractivity contribution < 1.29 is 24.2 Å². The largest absolute Gasteiger partial charge is 0.482 e. The van der Waals surface area contributed by atoms with E-state index in [1.54, 1.807) is 6.92 Å². The number of nitrogens with one attached hydrogen (secondary N) is 1. The van der Waals surface area contributed by atoms with Crippen molar-refractivity contribution in [1.29, 1.82) is 0 Å². The van der Waals surface area contributed by atoms with Gasteiger partial charge < -0.3 is 15.2 Å². The Morgan fingerprint density at radius 1 is 1.32 bits per heavy atom. The molecule has 1 aromatic carbocycles. The Hall–Kier alpha value is -1.70. The molecule has 1 amide bonds. The van der Waals surface area contributed by atoms with Gasteiger partial charge in [0.05, 0.1) is 5.02 Å². The lowest BCUT2D eigenvalue weighted by molar-refractivity contribution is -0.141. The highest BCUT2D eigenvalue weighted by molar-refractivity contribution is 7.80. The molecule has 0 aliphatic carbocycles. The average molecular weight is 406 g/mol. The molecule has 6 nitrogen and oxygen atoms in total. The highest BCUT2D eigenvalue weighted by atomic mass is 35.5. The van der Waals surface area contributed by atoms with Crippen LogP contribution in [-0.4, -0.2) is 41.2 Å². The second kappa shape index (κ2) is 9.70. The van der Waals surface area contributed by atoms with Crippen LogP contribution in [0.25, 0.3) is 0 Å². The van der Waals surface area contributed by atoms with Crippen LogP contribution in [0.15, 0.2) is 24.3 Å².